The molecule has 1 aromatic heterocycles. The zero-order valence-corrected chi connectivity index (χ0v) is 22.3. The van der Waals surface area contributed by atoms with Crippen LogP contribution in [0.5, 0.6) is 5.75 Å². The minimum Gasteiger partial charge on any atom is -0.495 e. The first kappa shape index (κ1) is 27.7. The predicted molar refractivity (Wildman–Crippen MR) is 144 cm³/mol. The smallest absolute Gasteiger partial charge is 0.406 e. The van der Waals surface area contributed by atoms with Crippen molar-refractivity contribution >= 4 is 32.1 Å². The van der Waals surface area contributed by atoms with Crippen LogP contribution in [0.4, 0.5) is 24.5 Å². The van der Waals surface area contributed by atoms with Crippen LogP contribution in [-0.4, -0.2) is 70.2 Å². The highest BCUT2D eigenvalue weighted by molar-refractivity contribution is 7.90. The second kappa shape index (κ2) is 11.2. The zero-order valence-electron chi connectivity index (χ0n) is 21.5. The normalized spacial score (nSPS) is 15.2. The quantitative estimate of drug-likeness (QED) is 0.421. The molecule has 0 atom stereocenters. The maximum Gasteiger partial charge on any atom is 0.406 e. The largest absolute Gasteiger partial charge is 0.495 e. The molecule has 1 aliphatic heterocycles. The fraction of sp³-hybridized carbons (Fsp3) is 0.407. The molecule has 11 heteroatoms. The molecule has 1 saturated heterocycles. The van der Waals surface area contributed by atoms with Gasteiger partial charge in [0.25, 0.3) is 0 Å². The number of methoxy groups -OCH3 is 1. The lowest BCUT2D eigenvalue weighted by Gasteiger charge is -2.30. The number of halogens is 3. The summed E-state index contributed by atoms with van der Waals surface area (Å²) in [5.74, 6) is 5.97. The van der Waals surface area contributed by atoms with Crippen molar-refractivity contribution in [1.29, 1.82) is 0 Å². The van der Waals surface area contributed by atoms with Crippen molar-refractivity contribution in [2.45, 2.75) is 36.5 Å². The number of hydrogen-bond acceptors (Lipinski definition) is 6. The molecular weight excluding hydrogens is 517 g/mol. The van der Waals surface area contributed by atoms with Crippen molar-refractivity contribution < 1.29 is 26.3 Å². The zero-order chi connectivity index (χ0) is 27.5. The third kappa shape index (κ3) is 6.74. The molecule has 3 aromatic rings. The molecule has 0 unspecified atom stereocenters. The van der Waals surface area contributed by atoms with E-state index in [9.17, 15) is 21.6 Å². The Balaban J connectivity index is 1.58. The first-order valence-electron chi connectivity index (χ1n) is 12.2. The van der Waals surface area contributed by atoms with Crippen molar-refractivity contribution in [3.63, 3.8) is 0 Å². The van der Waals surface area contributed by atoms with Gasteiger partial charge in [-0.3, -0.25) is 0 Å². The van der Waals surface area contributed by atoms with Crippen LogP contribution in [0, 0.1) is 11.8 Å². The average Bonchev–Trinajstić information content (AvgIpc) is 3.19. The van der Waals surface area contributed by atoms with Gasteiger partial charge in [0.15, 0.2) is 9.84 Å². The van der Waals surface area contributed by atoms with Gasteiger partial charge < -0.3 is 24.8 Å². The molecular formula is C27H31F3N4O3S. The lowest BCUT2D eigenvalue weighted by Crippen LogP contribution is -2.36. The number of likely N-dealkylation sites (tertiary alicyclic amines) is 1. The maximum atomic E-state index is 13.5. The number of alkyl halides is 3. The number of anilines is 2. The van der Waals surface area contributed by atoms with Gasteiger partial charge in [-0.1, -0.05) is 12.0 Å². The van der Waals surface area contributed by atoms with E-state index in [0.717, 1.165) is 37.9 Å². The highest BCUT2D eigenvalue weighted by atomic mass is 32.2. The second-order valence-corrected chi connectivity index (χ2v) is 11.5. The summed E-state index contributed by atoms with van der Waals surface area (Å²) < 4.78 is 70.6. The summed E-state index contributed by atoms with van der Waals surface area (Å²) in [6, 6.07) is 11.9. The van der Waals surface area contributed by atoms with Crippen LogP contribution in [-0.2, 0) is 16.4 Å². The van der Waals surface area contributed by atoms with Gasteiger partial charge in [-0.25, -0.2) is 8.42 Å². The SMILES string of the molecule is COc1cc(NCC#Cc2cc3c(NC4CCN(C)CC4)cccc3n2CC(F)(F)F)ccc1S(C)(=O)=O. The number of aromatic nitrogens is 1. The van der Waals surface area contributed by atoms with E-state index in [4.69, 9.17) is 4.74 Å². The standard InChI is InChI=1S/C27H31F3N4O3S/c1-33-14-11-19(12-15-33)32-23-7-4-8-24-22(23)17-21(34(24)18-27(28,29)30)6-5-13-31-20-9-10-26(38(3,35)36)25(16-20)37-2/h4,7-10,16-17,19,31-32H,11-15,18H2,1-3H3. The number of piperidine rings is 1. The summed E-state index contributed by atoms with van der Waals surface area (Å²) in [6.07, 6.45) is -1.39. The molecule has 2 aromatic carbocycles. The molecule has 1 aliphatic rings. The van der Waals surface area contributed by atoms with Crippen LogP contribution >= 0.6 is 0 Å². The Morgan fingerprint density at radius 2 is 1.87 bits per heavy atom. The predicted octanol–water partition coefficient (Wildman–Crippen LogP) is 4.59. The monoisotopic (exact) mass is 548 g/mol. The highest BCUT2D eigenvalue weighted by Gasteiger charge is 2.30. The van der Waals surface area contributed by atoms with Crippen LogP contribution in [0.25, 0.3) is 10.9 Å². The van der Waals surface area contributed by atoms with Gasteiger partial charge in [-0.05, 0) is 69.2 Å². The number of nitrogens with zero attached hydrogens (tertiary/aromatic N) is 2. The van der Waals surface area contributed by atoms with Crippen molar-refractivity contribution in [3.05, 3.63) is 48.2 Å². The minimum absolute atomic E-state index is 0.0676. The first-order chi connectivity index (χ1) is 17.9. The van der Waals surface area contributed by atoms with Gasteiger partial charge in [-0.15, -0.1) is 0 Å². The Hall–Kier alpha value is -3.36. The molecule has 0 amide bonds. The van der Waals surface area contributed by atoms with E-state index in [1.807, 2.05) is 6.07 Å². The average molecular weight is 549 g/mol. The van der Waals surface area contributed by atoms with Gasteiger partial charge in [-0.2, -0.15) is 13.2 Å². The number of sulfone groups is 1. The summed E-state index contributed by atoms with van der Waals surface area (Å²) in [7, 11) is 0.00194. The summed E-state index contributed by atoms with van der Waals surface area (Å²) >= 11 is 0. The van der Waals surface area contributed by atoms with E-state index in [1.54, 1.807) is 30.3 Å². The lowest BCUT2D eigenvalue weighted by atomic mass is 10.0. The Labute approximate surface area is 220 Å². The van der Waals surface area contributed by atoms with Gasteiger partial charge in [0.1, 0.15) is 17.2 Å². The van der Waals surface area contributed by atoms with Gasteiger partial charge in [0.2, 0.25) is 0 Å². The van der Waals surface area contributed by atoms with Gasteiger partial charge in [0.05, 0.1) is 24.9 Å². The molecule has 0 bridgehead atoms. The summed E-state index contributed by atoms with van der Waals surface area (Å²) in [4.78, 5) is 2.33. The van der Waals surface area contributed by atoms with Crippen molar-refractivity contribution in [1.82, 2.24) is 9.47 Å². The van der Waals surface area contributed by atoms with Crippen LogP contribution in [0.1, 0.15) is 18.5 Å². The fourth-order valence-electron chi connectivity index (χ4n) is 4.60. The number of benzene rings is 2. The number of ether oxygens (including phenoxy) is 1. The molecule has 2 heterocycles. The summed E-state index contributed by atoms with van der Waals surface area (Å²) in [5.41, 5.74) is 2.11. The summed E-state index contributed by atoms with van der Waals surface area (Å²) in [5, 5.41) is 7.27. The van der Waals surface area contributed by atoms with E-state index in [-0.39, 0.29) is 28.9 Å². The van der Waals surface area contributed by atoms with Gasteiger partial charge in [0, 0.05) is 35.1 Å². The molecule has 0 spiro atoms. The molecule has 38 heavy (non-hydrogen) atoms. The molecule has 2 N–H and O–H groups in total. The molecule has 1 fully saturated rings. The van der Waals surface area contributed by atoms with Crippen LogP contribution in [0.2, 0.25) is 0 Å². The number of fused-ring (bicyclic) bond motifs is 1. The highest BCUT2D eigenvalue weighted by Crippen LogP contribution is 2.31. The lowest BCUT2D eigenvalue weighted by molar-refractivity contribution is -0.140. The van der Waals surface area contributed by atoms with Crippen LogP contribution < -0.4 is 15.4 Å². The molecule has 0 radical (unpaired) electrons. The van der Waals surface area contributed by atoms with Gasteiger partial charge >= 0.3 is 6.18 Å². The molecule has 7 nitrogen and oxygen atoms in total. The Morgan fingerprint density at radius 1 is 1.13 bits per heavy atom. The number of nitrogens with one attached hydrogen (secondary N) is 2. The number of hydrogen-bond donors (Lipinski definition) is 2. The van der Waals surface area contributed by atoms with E-state index >= 15 is 0 Å². The minimum atomic E-state index is -4.41. The molecule has 0 saturated carbocycles. The topological polar surface area (TPSA) is 75.6 Å². The van der Waals surface area contributed by atoms with Crippen molar-refractivity contribution in [2.24, 2.45) is 0 Å². The molecule has 4 rings (SSSR count). The second-order valence-electron chi connectivity index (χ2n) is 9.48. The third-order valence-electron chi connectivity index (χ3n) is 6.52. The first-order valence-corrected chi connectivity index (χ1v) is 14.1. The van der Waals surface area contributed by atoms with E-state index in [2.05, 4.69) is 34.4 Å². The molecule has 204 valence electrons. The van der Waals surface area contributed by atoms with E-state index < -0.39 is 22.6 Å². The Kier molecular flexibility index (Phi) is 8.13. The van der Waals surface area contributed by atoms with E-state index in [0.29, 0.717) is 16.6 Å². The molecule has 0 aliphatic carbocycles. The van der Waals surface area contributed by atoms with Crippen LogP contribution in [0.3, 0.4) is 0 Å². The summed E-state index contributed by atoms with van der Waals surface area (Å²) in [6.45, 7) is 0.927. The number of rotatable bonds is 7. The Morgan fingerprint density at radius 3 is 2.53 bits per heavy atom. The Bertz CT molecular complexity index is 1460. The van der Waals surface area contributed by atoms with E-state index in [1.165, 1.54) is 17.7 Å². The van der Waals surface area contributed by atoms with Crippen LogP contribution in [0.15, 0.2) is 47.4 Å². The van der Waals surface area contributed by atoms with Crippen molar-refractivity contribution in [2.75, 3.05) is 50.7 Å². The van der Waals surface area contributed by atoms with Crippen molar-refractivity contribution in [3.8, 4) is 17.6 Å². The third-order valence-corrected chi connectivity index (χ3v) is 7.66. The fourth-order valence-corrected chi connectivity index (χ4v) is 5.42. The maximum absolute atomic E-state index is 13.5.